The molecule has 1 fully saturated rings. The van der Waals surface area contributed by atoms with Gasteiger partial charge >= 0.3 is 0 Å². The summed E-state index contributed by atoms with van der Waals surface area (Å²) in [5.74, 6) is 0.334. The second kappa shape index (κ2) is 5.63. The van der Waals surface area contributed by atoms with E-state index in [1.54, 1.807) is 10.9 Å². The van der Waals surface area contributed by atoms with Crippen molar-refractivity contribution in [3.05, 3.63) is 27.6 Å². The molecular formula is C14H19N3O2S. The molecule has 108 valence electrons. The van der Waals surface area contributed by atoms with Gasteiger partial charge in [0.25, 0.3) is 5.56 Å². The van der Waals surface area contributed by atoms with E-state index >= 15 is 0 Å². The number of rotatable bonds is 2. The minimum absolute atomic E-state index is 0.0694. The summed E-state index contributed by atoms with van der Waals surface area (Å²) in [4.78, 5) is 19.1. The first-order chi connectivity index (χ1) is 9.65. The van der Waals surface area contributed by atoms with Crippen LogP contribution in [0, 0.1) is 12.8 Å². The van der Waals surface area contributed by atoms with E-state index in [2.05, 4.69) is 16.9 Å². The van der Waals surface area contributed by atoms with Crippen molar-refractivity contribution in [2.45, 2.75) is 13.5 Å². The molecule has 0 radical (unpaired) electrons. The lowest BCUT2D eigenvalue weighted by molar-refractivity contribution is 0.117. The molecule has 0 aliphatic carbocycles. The number of thiophene rings is 1. The quantitative estimate of drug-likeness (QED) is 0.838. The molecule has 1 aliphatic heterocycles. The number of nitrogens with zero attached hydrogens (tertiary/aromatic N) is 3. The summed E-state index contributed by atoms with van der Waals surface area (Å²) in [7, 11) is 2.09. The van der Waals surface area contributed by atoms with E-state index in [1.807, 2.05) is 12.3 Å². The molecular weight excluding hydrogens is 274 g/mol. The Labute approximate surface area is 121 Å². The largest absolute Gasteiger partial charge is 0.380 e. The van der Waals surface area contributed by atoms with Crippen molar-refractivity contribution in [2.75, 3.05) is 33.4 Å². The lowest BCUT2D eigenvalue weighted by atomic mass is 10.1. The van der Waals surface area contributed by atoms with E-state index in [-0.39, 0.29) is 5.56 Å². The summed E-state index contributed by atoms with van der Waals surface area (Å²) in [5, 5.41) is 1.99. The number of fused-ring (bicyclic) bond motifs is 1. The molecule has 1 atom stereocenters. The fourth-order valence-corrected chi connectivity index (χ4v) is 3.58. The smallest absolute Gasteiger partial charge is 0.271 e. The maximum atomic E-state index is 12.5. The zero-order valence-electron chi connectivity index (χ0n) is 11.8. The zero-order valence-corrected chi connectivity index (χ0v) is 12.7. The molecule has 3 heterocycles. The van der Waals surface area contributed by atoms with Crippen LogP contribution in [-0.2, 0) is 11.3 Å². The fourth-order valence-electron chi connectivity index (χ4n) is 2.63. The van der Waals surface area contributed by atoms with Gasteiger partial charge in [-0.1, -0.05) is 0 Å². The van der Waals surface area contributed by atoms with Crippen LogP contribution in [0.3, 0.4) is 0 Å². The number of hydrogen-bond acceptors (Lipinski definition) is 5. The molecule has 6 heteroatoms. The molecule has 0 N–H and O–H groups in total. The maximum Gasteiger partial charge on any atom is 0.271 e. The molecule has 3 rings (SSSR count). The molecule has 0 unspecified atom stereocenters. The first-order valence-electron chi connectivity index (χ1n) is 6.84. The molecule has 1 saturated heterocycles. The van der Waals surface area contributed by atoms with Crippen molar-refractivity contribution in [1.82, 2.24) is 14.5 Å². The van der Waals surface area contributed by atoms with Crippen molar-refractivity contribution in [3.8, 4) is 0 Å². The monoisotopic (exact) mass is 293 g/mol. The van der Waals surface area contributed by atoms with Crippen molar-refractivity contribution < 1.29 is 4.74 Å². The molecule has 0 aromatic carbocycles. The minimum atomic E-state index is 0.0694. The van der Waals surface area contributed by atoms with Gasteiger partial charge in [0.05, 0.1) is 25.1 Å². The SMILES string of the molecule is Cc1csc2c(=O)n(C[C@H]3COCCN(C)C3)cnc12. The lowest BCUT2D eigenvalue weighted by Gasteiger charge is -2.19. The van der Waals surface area contributed by atoms with E-state index in [4.69, 9.17) is 4.74 Å². The zero-order chi connectivity index (χ0) is 14.1. The molecule has 0 saturated carbocycles. The Morgan fingerprint density at radius 3 is 3.25 bits per heavy atom. The van der Waals surface area contributed by atoms with Crippen molar-refractivity contribution in [1.29, 1.82) is 0 Å². The van der Waals surface area contributed by atoms with E-state index in [1.165, 1.54) is 11.3 Å². The van der Waals surface area contributed by atoms with Crippen molar-refractivity contribution in [2.24, 2.45) is 5.92 Å². The highest BCUT2D eigenvalue weighted by Gasteiger charge is 2.18. The third kappa shape index (κ3) is 2.63. The maximum absolute atomic E-state index is 12.5. The molecule has 1 aliphatic rings. The van der Waals surface area contributed by atoms with Gasteiger partial charge in [-0.15, -0.1) is 11.3 Å². The number of aromatic nitrogens is 2. The third-order valence-corrected chi connectivity index (χ3v) is 4.79. The van der Waals surface area contributed by atoms with E-state index < -0.39 is 0 Å². The van der Waals surface area contributed by atoms with E-state index in [9.17, 15) is 4.79 Å². The molecule has 0 bridgehead atoms. The van der Waals surface area contributed by atoms with Gasteiger partial charge in [0.1, 0.15) is 4.70 Å². The predicted molar refractivity (Wildman–Crippen MR) is 80.4 cm³/mol. The average Bonchev–Trinajstić information content (AvgIpc) is 2.67. The third-order valence-electron chi connectivity index (χ3n) is 3.72. The van der Waals surface area contributed by atoms with Crippen LogP contribution in [0.5, 0.6) is 0 Å². The highest BCUT2D eigenvalue weighted by molar-refractivity contribution is 7.17. The number of hydrogen-bond donors (Lipinski definition) is 0. The highest BCUT2D eigenvalue weighted by Crippen LogP contribution is 2.19. The topological polar surface area (TPSA) is 47.4 Å². The van der Waals surface area contributed by atoms with Gasteiger partial charge in [0.2, 0.25) is 0 Å². The van der Waals surface area contributed by atoms with Crippen molar-refractivity contribution in [3.63, 3.8) is 0 Å². The molecule has 20 heavy (non-hydrogen) atoms. The highest BCUT2D eigenvalue weighted by atomic mass is 32.1. The van der Waals surface area contributed by atoms with Crippen LogP contribution in [0.25, 0.3) is 10.2 Å². The first-order valence-corrected chi connectivity index (χ1v) is 7.72. The van der Waals surface area contributed by atoms with Crippen LogP contribution in [-0.4, -0.2) is 47.8 Å². The molecule has 2 aromatic rings. The van der Waals surface area contributed by atoms with Crippen LogP contribution in [0.2, 0.25) is 0 Å². The molecule has 0 amide bonds. The van der Waals surface area contributed by atoms with Gasteiger partial charge in [-0.2, -0.15) is 0 Å². The van der Waals surface area contributed by atoms with Gasteiger partial charge in [-0.25, -0.2) is 4.98 Å². The summed E-state index contributed by atoms with van der Waals surface area (Å²) in [5.41, 5.74) is 1.98. The Hall–Kier alpha value is -1.24. The van der Waals surface area contributed by atoms with Crippen molar-refractivity contribution >= 4 is 21.6 Å². The number of ether oxygens (including phenoxy) is 1. The van der Waals surface area contributed by atoms with Gasteiger partial charge in [-0.3, -0.25) is 9.36 Å². The van der Waals surface area contributed by atoms with Gasteiger partial charge in [0, 0.05) is 25.6 Å². The second-order valence-electron chi connectivity index (χ2n) is 5.50. The first kappa shape index (κ1) is 13.7. The Balaban J connectivity index is 1.87. The Morgan fingerprint density at radius 1 is 1.55 bits per heavy atom. The summed E-state index contributed by atoms with van der Waals surface area (Å²) in [6, 6.07) is 0. The van der Waals surface area contributed by atoms with E-state index in [0.717, 1.165) is 35.5 Å². The molecule has 0 spiro atoms. The summed E-state index contributed by atoms with van der Waals surface area (Å²) >= 11 is 1.48. The molecule has 5 nitrogen and oxygen atoms in total. The predicted octanol–water partition coefficient (Wildman–Crippen LogP) is 1.34. The Bertz CT molecular complexity index is 664. The summed E-state index contributed by atoms with van der Waals surface area (Å²) in [6.45, 7) is 6.04. The van der Waals surface area contributed by atoms with Crippen LogP contribution in [0.15, 0.2) is 16.5 Å². The fraction of sp³-hybridized carbons (Fsp3) is 0.571. The standard InChI is InChI=1S/C14H19N3O2S/c1-10-8-20-13-12(10)15-9-17(14(13)18)6-11-5-16(2)3-4-19-7-11/h8-9,11H,3-7H2,1-2H3/t11-/m0/s1. The Morgan fingerprint density at radius 2 is 2.40 bits per heavy atom. The second-order valence-corrected chi connectivity index (χ2v) is 6.38. The minimum Gasteiger partial charge on any atom is -0.380 e. The summed E-state index contributed by atoms with van der Waals surface area (Å²) in [6.07, 6.45) is 1.68. The van der Waals surface area contributed by atoms with Crippen LogP contribution < -0.4 is 5.56 Å². The van der Waals surface area contributed by atoms with E-state index in [0.29, 0.717) is 19.1 Å². The van der Waals surface area contributed by atoms with Gasteiger partial charge < -0.3 is 9.64 Å². The van der Waals surface area contributed by atoms with Gasteiger partial charge in [-0.05, 0) is 24.9 Å². The average molecular weight is 293 g/mol. The Kier molecular flexibility index (Phi) is 3.87. The van der Waals surface area contributed by atoms with Crippen LogP contribution >= 0.6 is 11.3 Å². The lowest BCUT2D eigenvalue weighted by Crippen LogP contribution is -2.31. The number of aryl methyl sites for hydroxylation is 1. The molecule has 2 aromatic heterocycles. The summed E-state index contributed by atoms with van der Waals surface area (Å²) < 4.78 is 8.09. The van der Waals surface area contributed by atoms with Crippen LogP contribution in [0.4, 0.5) is 0 Å². The van der Waals surface area contributed by atoms with Gasteiger partial charge in [0.15, 0.2) is 0 Å². The number of likely N-dealkylation sites (N-methyl/N-ethyl adjacent to an activating group) is 1. The normalized spacial score (nSPS) is 21.2. The van der Waals surface area contributed by atoms with Crippen LogP contribution in [0.1, 0.15) is 5.56 Å².